The van der Waals surface area contributed by atoms with Crippen molar-refractivity contribution in [2.45, 2.75) is 39.7 Å². The second kappa shape index (κ2) is 10.8. The van der Waals surface area contributed by atoms with Gasteiger partial charge in [-0.25, -0.2) is 4.79 Å². The molecule has 5 nitrogen and oxygen atoms in total. The average molecular weight is 446 g/mol. The normalized spacial score (nSPS) is 11.0. The van der Waals surface area contributed by atoms with Gasteiger partial charge in [0.25, 0.3) is 5.91 Å². The highest BCUT2D eigenvalue weighted by molar-refractivity contribution is 5.95. The average Bonchev–Trinajstić information content (AvgIpc) is 2.80. The number of hydrogen-bond acceptors (Lipinski definition) is 4. The molecule has 0 fully saturated rings. The van der Waals surface area contributed by atoms with Gasteiger partial charge in [0.2, 0.25) is 0 Å². The Bertz CT molecular complexity index is 1090. The van der Waals surface area contributed by atoms with Crippen LogP contribution in [0.4, 0.5) is 0 Å². The second-order valence-corrected chi connectivity index (χ2v) is 8.37. The van der Waals surface area contributed by atoms with Crippen LogP contribution in [-0.4, -0.2) is 30.6 Å². The Labute approximate surface area is 195 Å². The molecule has 0 spiro atoms. The third kappa shape index (κ3) is 6.45. The lowest BCUT2D eigenvalue weighted by Crippen LogP contribution is -2.39. The fraction of sp³-hybridized carbons (Fsp3) is 0.286. The molecule has 0 bridgehead atoms. The summed E-state index contributed by atoms with van der Waals surface area (Å²) >= 11 is 0. The van der Waals surface area contributed by atoms with E-state index >= 15 is 0 Å². The smallest absolute Gasteiger partial charge is 0.349 e. The largest absolute Gasteiger partial charge is 0.476 e. The van der Waals surface area contributed by atoms with E-state index in [4.69, 9.17) is 9.47 Å². The third-order valence-corrected chi connectivity index (χ3v) is 5.37. The van der Waals surface area contributed by atoms with Crippen LogP contribution in [0.3, 0.4) is 0 Å². The van der Waals surface area contributed by atoms with Gasteiger partial charge >= 0.3 is 5.97 Å². The Balaban J connectivity index is 1.55. The predicted octanol–water partition coefficient (Wildman–Crippen LogP) is 5.36. The van der Waals surface area contributed by atoms with Crippen LogP contribution >= 0.6 is 0 Å². The maximum atomic E-state index is 12.3. The third-order valence-electron chi connectivity index (χ3n) is 5.37. The lowest BCUT2D eigenvalue weighted by Gasteiger charge is -2.24. The van der Waals surface area contributed by atoms with Crippen molar-refractivity contribution in [2.24, 2.45) is 0 Å². The summed E-state index contributed by atoms with van der Waals surface area (Å²) in [7, 11) is 0. The summed E-state index contributed by atoms with van der Waals surface area (Å²) in [5.74, 6) is 0.177. The molecule has 0 aliphatic heterocycles. The SMILES string of the molecule is CCOC(=O)C(C)(C)Oc1ccc(-c2ccc(CCNC(=O)c3ccccc3C)cc2)cc1. The van der Waals surface area contributed by atoms with Crippen LogP contribution in [-0.2, 0) is 16.0 Å². The van der Waals surface area contributed by atoms with Crippen LogP contribution in [0.15, 0.2) is 72.8 Å². The van der Waals surface area contributed by atoms with E-state index in [9.17, 15) is 9.59 Å². The van der Waals surface area contributed by atoms with Crippen LogP contribution in [0.25, 0.3) is 11.1 Å². The van der Waals surface area contributed by atoms with Crippen LogP contribution in [0, 0.1) is 6.92 Å². The molecule has 3 aromatic carbocycles. The molecule has 3 aromatic rings. The van der Waals surface area contributed by atoms with Crippen molar-refractivity contribution in [3.8, 4) is 16.9 Å². The molecule has 0 unspecified atom stereocenters. The van der Waals surface area contributed by atoms with Gasteiger partial charge in [0.05, 0.1) is 6.61 Å². The van der Waals surface area contributed by atoms with E-state index in [0.717, 1.165) is 28.7 Å². The van der Waals surface area contributed by atoms with E-state index in [0.29, 0.717) is 24.5 Å². The van der Waals surface area contributed by atoms with Crippen molar-refractivity contribution >= 4 is 11.9 Å². The molecule has 3 rings (SSSR count). The Morgan fingerprint density at radius 1 is 0.879 bits per heavy atom. The van der Waals surface area contributed by atoms with E-state index in [1.165, 1.54) is 0 Å². The number of carbonyl (C=O) groups is 2. The summed E-state index contributed by atoms with van der Waals surface area (Å²) in [4.78, 5) is 24.4. The molecule has 0 saturated heterocycles. The summed E-state index contributed by atoms with van der Waals surface area (Å²) in [6, 6.07) is 23.5. The number of esters is 1. The van der Waals surface area contributed by atoms with E-state index < -0.39 is 5.60 Å². The van der Waals surface area contributed by atoms with Crippen molar-refractivity contribution in [3.63, 3.8) is 0 Å². The standard InChI is InChI=1S/C28H31NO4/c1-5-32-27(31)28(3,4)33-24-16-14-23(15-17-24)22-12-10-21(11-13-22)18-19-29-26(30)25-9-7-6-8-20(25)2/h6-17H,5,18-19H2,1-4H3,(H,29,30). The molecule has 0 aliphatic carbocycles. The maximum Gasteiger partial charge on any atom is 0.349 e. The van der Waals surface area contributed by atoms with Crippen LogP contribution in [0.2, 0.25) is 0 Å². The molecule has 1 N–H and O–H groups in total. The second-order valence-electron chi connectivity index (χ2n) is 8.37. The predicted molar refractivity (Wildman–Crippen MR) is 130 cm³/mol. The van der Waals surface area contributed by atoms with Crippen LogP contribution in [0.1, 0.15) is 42.3 Å². The minimum absolute atomic E-state index is 0.0434. The first-order valence-electron chi connectivity index (χ1n) is 11.2. The molecule has 0 aromatic heterocycles. The first kappa shape index (κ1) is 24.1. The summed E-state index contributed by atoms with van der Waals surface area (Å²) in [5, 5.41) is 2.99. The molecule has 172 valence electrons. The zero-order valence-corrected chi connectivity index (χ0v) is 19.7. The number of hydrogen-bond donors (Lipinski definition) is 1. The number of carbonyl (C=O) groups excluding carboxylic acids is 2. The zero-order chi connectivity index (χ0) is 23.8. The number of ether oxygens (including phenoxy) is 2. The summed E-state index contributed by atoms with van der Waals surface area (Å²) < 4.78 is 10.9. The topological polar surface area (TPSA) is 64.6 Å². The first-order valence-corrected chi connectivity index (χ1v) is 11.2. The van der Waals surface area contributed by atoms with Crippen LogP contribution in [0.5, 0.6) is 5.75 Å². The molecular formula is C28H31NO4. The number of benzene rings is 3. The Kier molecular flexibility index (Phi) is 7.88. The number of aryl methyl sites for hydroxylation is 1. The lowest BCUT2D eigenvalue weighted by molar-refractivity contribution is -0.158. The van der Waals surface area contributed by atoms with E-state index in [-0.39, 0.29) is 11.9 Å². The summed E-state index contributed by atoms with van der Waals surface area (Å²) in [6.07, 6.45) is 0.758. The Morgan fingerprint density at radius 2 is 1.48 bits per heavy atom. The van der Waals surface area contributed by atoms with Crippen molar-refractivity contribution in [1.82, 2.24) is 5.32 Å². The van der Waals surface area contributed by atoms with Crippen molar-refractivity contribution in [1.29, 1.82) is 0 Å². The molecule has 5 heteroatoms. The molecular weight excluding hydrogens is 414 g/mol. The number of rotatable bonds is 9. The molecule has 0 saturated carbocycles. The highest BCUT2D eigenvalue weighted by atomic mass is 16.6. The fourth-order valence-corrected chi connectivity index (χ4v) is 3.46. The Morgan fingerprint density at radius 3 is 2.09 bits per heavy atom. The van der Waals surface area contributed by atoms with Gasteiger partial charge in [0.1, 0.15) is 5.75 Å². The summed E-state index contributed by atoms with van der Waals surface area (Å²) in [5.41, 5.74) is 3.93. The fourth-order valence-electron chi connectivity index (χ4n) is 3.46. The molecule has 1 amide bonds. The molecule has 0 atom stereocenters. The molecule has 0 radical (unpaired) electrons. The lowest BCUT2D eigenvalue weighted by atomic mass is 10.0. The van der Waals surface area contributed by atoms with Crippen molar-refractivity contribution in [3.05, 3.63) is 89.5 Å². The van der Waals surface area contributed by atoms with Gasteiger partial charge in [0.15, 0.2) is 5.60 Å². The maximum absolute atomic E-state index is 12.3. The van der Waals surface area contributed by atoms with Gasteiger partial charge in [-0.15, -0.1) is 0 Å². The van der Waals surface area contributed by atoms with E-state index in [1.54, 1.807) is 20.8 Å². The van der Waals surface area contributed by atoms with E-state index in [1.807, 2.05) is 55.5 Å². The van der Waals surface area contributed by atoms with Gasteiger partial charge in [-0.3, -0.25) is 4.79 Å². The summed E-state index contributed by atoms with van der Waals surface area (Å²) in [6.45, 7) is 8.00. The minimum atomic E-state index is -1.05. The quantitative estimate of drug-likeness (QED) is 0.451. The van der Waals surface area contributed by atoms with Crippen molar-refractivity contribution < 1.29 is 19.1 Å². The number of amides is 1. The minimum Gasteiger partial charge on any atom is -0.476 e. The first-order chi connectivity index (χ1) is 15.8. The van der Waals surface area contributed by atoms with Crippen LogP contribution < -0.4 is 10.1 Å². The van der Waals surface area contributed by atoms with E-state index in [2.05, 4.69) is 29.6 Å². The number of nitrogens with one attached hydrogen (secondary N) is 1. The molecule has 0 heterocycles. The van der Waals surface area contributed by atoms with Gasteiger partial charge in [0, 0.05) is 12.1 Å². The zero-order valence-electron chi connectivity index (χ0n) is 19.7. The highest BCUT2D eigenvalue weighted by Crippen LogP contribution is 2.25. The van der Waals surface area contributed by atoms with Gasteiger partial charge in [-0.2, -0.15) is 0 Å². The molecule has 33 heavy (non-hydrogen) atoms. The van der Waals surface area contributed by atoms with Crippen molar-refractivity contribution in [2.75, 3.05) is 13.2 Å². The Hall–Kier alpha value is -3.60. The van der Waals surface area contributed by atoms with Gasteiger partial charge < -0.3 is 14.8 Å². The highest BCUT2D eigenvalue weighted by Gasteiger charge is 2.31. The molecule has 0 aliphatic rings. The van der Waals surface area contributed by atoms with Gasteiger partial charge in [-0.05, 0) is 74.6 Å². The monoisotopic (exact) mass is 445 g/mol. The van der Waals surface area contributed by atoms with Gasteiger partial charge in [-0.1, -0.05) is 54.6 Å².